The van der Waals surface area contributed by atoms with Crippen molar-refractivity contribution in [3.8, 4) is 0 Å². The third kappa shape index (κ3) is 5.09. The first-order valence-electron chi connectivity index (χ1n) is 5.20. The van der Waals surface area contributed by atoms with E-state index in [1.54, 1.807) is 11.9 Å². The minimum atomic E-state index is -1.07. The number of likely N-dealkylation sites (N-methyl/N-ethyl adjacent to an activating group) is 1. The van der Waals surface area contributed by atoms with Crippen molar-refractivity contribution in [3.05, 3.63) is 0 Å². The smallest absolute Gasteiger partial charge is 0.322 e. The minimum Gasteiger partial charge on any atom is -0.480 e. The zero-order valence-corrected chi connectivity index (χ0v) is 9.93. The van der Waals surface area contributed by atoms with Gasteiger partial charge < -0.3 is 15.5 Å². The van der Waals surface area contributed by atoms with Crippen LogP contribution in [0.2, 0.25) is 0 Å². The van der Waals surface area contributed by atoms with Crippen molar-refractivity contribution in [2.75, 3.05) is 26.7 Å². The van der Waals surface area contributed by atoms with Crippen LogP contribution in [0.15, 0.2) is 0 Å². The van der Waals surface area contributed by atoms with Crippen LogP contribution in [0.4, 0.5) is 0 Å². The Morgan fingerprint density at radius 2 is 1.94 bits per heavy atom. The van der Waals surface area contributed by atoms with Crippen molar-refractivity contribution in [1.29, 1.82) is 0 Å². The van der Waals surface area contributed by atoms with Crippen LogP contribution >= 0.6 is 0 Å². The van der Waals surface area contributed by atoms with E-state index in [0.29, 0.717) is 6.54 Å². The second-order valence-electron chi connectivity index (χ2n) is 4.00. The number of hydrogen-bond donors (Lipinski definition) is 3. The molecule has 1 amide bonds. The number of nitrogens with zero attached hydrogens (tertiary/aromatic N) is 1. The van der Waals surface area contributed by atoms with Gasteiger partial charge in [-0.15, -0.1) is 0 Å². The molecule has 6 nitrogen and oxygen atoms in total. The molecule has 0 heterocycles. The van der Waals surface area contributed by atoms with E-state index in [2.05, 4.69) is 5.32 Å². The first-order valence-corrected chi connectivity index (χ1v) is 5.20. The predicted molar refractivity (Wildman–Crippen MR) is 59.0 cm³/mol. The molecule has 16 heavy (non-hydrogen) atoms. The highest BCUT2D eigenvalue weighted by molar-refractivity contribution is 5.85. The summed E-state index contributed by atoms with van der Waals surface area (Å²) in [6.07, 6.45) is 0. The van der Waals surface area contributed by atoms with E-state index in [9.17, 15) is 9.59 Å². The molecule has 0 rings (SSSR count). The van der Waals surface area contributed by atoms with E-state index < -0.39 is 12.0 Å². The highest BCUT2D eigenvalue weighted by Gasteiger charge is 2.26. The highest BCUT2D eigenvalue weighted by Crippen LogP contribution is 2.08. The maximum Gasteiger partial charge on any atom is 0.322 e. The Labute approximate surface area is 95.2 Å². The third-order valence-electron chi connectivity index (χ3n) is 2.24. The Morgan fingerprint density at radius 1 is 1.38 bits per heavy atom. The Hall–Kier alpha value is -1.14. The lowest BCUT2D eigenvalue weighted by Crippen LogP contribution is -2.50. The van der Waals surface area contributed by atoms with E-state index in [1.165, 1.54) is 0 Å². The van der Waals surface area contributed by atoms with Gasteiger partial charge in [0.05, 0.1) is 12.6 Å². The largest absolute Gasteiger partial charge is 0.480 e. The molecular weight excluding hydrogens is 212 g/mol. The van der Waals surface area contributed by atoms with Crippen molar-refractivity contribution >= 4 is 11.9 Å². The van der Waals surface area contributed by atoms with E-state index in [-0.39, 0.29) is 25.0 Å². The maximum atomic E-state index is 11.7. The Balaban J connectivity index is 4.40. The standard InChI is InChI=1S/C10H20N2O4/c1-7(2)9(12(3)4-5-13)10(16)11-6-8(14)15/h7,9,13H,4-6H2,1-3H3,(H,11,16)(H,14,15). The molecule has 0 aromatic rings. The van der Waals surface area contributed by atoms with E-state index in [1.807, 2.05) is 13.8 Å². The average Bonchev–Trinajstić information content (AvgIpc) is 2.14. The van der Waals surface area contributed by atoms with E-state index >= 15 is 0 Å². The summed E-state index contributed by atoms with van der Waals surface area (Å²) in [5.74, 6) is -1.35. The fraction of sp³-hybridized carbons (Fsp3) is 0.800. The molecule has 0 bridgehead atoms. The van der Waals surface area contributed by atoms with Crippen LogP contribution in [0.5, 0.6) is 0 Å². The van der Waals surface area contributed by atoms with Gasteiger partial charge in [-0.2, -0.15) is 0 Å². The van der Waals surface area contributed by atoms with Crippen molar-refractivity contribution in [1.82, 2.24) is 10.2 Å². The third-order valence-corrected chi connectivity index (χ3v) is 2.24. The quantitative estimate of drug-likeness (QED) is 0.531. The first-order chi connectivity index (χ1) is 7.40. The summed E-state index contributed by atoms with van der Waals surface area (Å²) < 4.78 is 0. The molecule has 0 aromatic carbocycles. The second kappa shape index (κ2) is 7.19. The van der Waals surface area contributed by atoms with Gasteiger partial charge in [0.15, 0.2) is 0 Å². The molecule has 1 atom stereocenters. The zero-order valence-electron chi connectivity index (χ0n) is 9.93. The molecule has 94 valence electrons. The summed E-state index contributed by atoms with van der Waals surface area (Å²) in [4.78, 5) is 23.7. The molecule has 6 heteroatoms. The summed E-state index contributed by atoms with van der Waals surface area (Å²) >= 11 is 0. The van der Waals surface area contributed by atoms with Gasteiger partial charge in [0.2, 0.25) is 5.91 Å². The summed E-state index contributed by atoms with van der Waals surface area (Å²) in [7, 11) is 1.72. The topological polar surface area (TPSA) is 89.9 Å². The fourth-order valence-corrected chi connectivity index (χ4v) is 1.58. The first kappa shape index (κ1) is 14.9. The van der Waals surface area contributed by atoms with Gasteiger partial charge in [0.1, 0.15) is 6.54 Å². The van der Waals surface area contributed by atoms with Crippen LogP contribution in [-0.2, 0) is 9.59 Å². The number of aliphatic hydroxyl groups excluding tert-OH is 1. The van der Waals surface area contributed by atoms with Crippen molar-refractivity contribution in [3.63, 3.8) is 0 Å². The summed E-state index contributed by atoms with van der Waals surface area (Å²) in [5.41, 5.74) is 0. The van der Waals surface area contributed by atoms with Crippen LogP contribution in [0.1, 0.15) is 13.8 Å². The molecule has 0 aliphatic heterocycles. The molecule has 0 aliphatic rings. The normalized spacial score (nSPS) is 12.9. The number of aliphatic carboxylic acids is 1. The lowest BCUT2D eigenvalue weighted by molar-refractivity contribution is -0.139. The van der Waals surface area contributed by atoms with Gasteiger partial charge in [0, 0.05) is 6.54 Å². The number of nitrogens with one attached hydrogen (secondary N) is 1. The Bertz CT molecular complexity index is 243. The van der Waals surface area contributed by atoms with Crippen LogP contribution in [0.3, 0.4) is 0 Å². The minimum absolute atomic E-state index is 0.0358. The molecule has 0 saturated carbocycles. The van der Waals surface area contributed by atoms with Gasteiger partial charge >= 0.3 is 5.97 Å². The summed E-state index contributed by atoms with van der Waals surface area (Å²) in [6.45, 7) is 3.71. The molecular formula is C10H20N2O4. The molecule has 3 N–H and O–H groups in total. The number of hydrogen-bond acceptors (Lipinski definition) is 4. The molecule has 0 fully saturated rings. The van der Waals surface area contributed by atoms with Crippen LogP contribution in [0.25, 0.3) is 0 Å². The number of carboxylic acid groups (broad SMARTS) is 1. The highest BCUT2D eigenvalue weighted by atomic mass is 16.4. The van der Waals surface area contributed by atoms with Gasteiger partial charge in [-0.25, -0.2) is 0 Å². The molecule has 0 aliphatic carbocycles. The molecule has 1 unspecified atom stereocenters. The predicted octanol–water partition coefficient (Wildman–Crippen LogP) is -0.864. The number of amides is 1. The lowest BCUT2D eigenvalue weighted by Gasteiger charge is -2.29. The number of carbonyl (C=O) groups is 2. The van der Waals surface area contributed by atoms with E-state index in [0.717, 1.165) is 0 Å². The molecule has 0 radical (unpaired) electrons. The van der Waals surface area contributed by atoms with Crippen LogP contribution < -0.4 is 5.32 Å². The van der Waals surface area contributed by atoms with Gasteiger partial charge in [0.25, 0.3) is 0 Å². The zero-order chi connectivity index (χ0) is 12.7. The summed E-state index contributed by atoms with van der Waals surface area (Å²) in [5, 5.41) is 19.6. The van der Waals surface area contributed by atoms with Crippen LogP contribution in [0, 0.1) is 5.92 Å². The van der Waals surface area contributed by atoms with Crippen molar-refractivity contribution in [2.24, 2.45) is 5.92 Å². The van der Waals surface area contributed by atoms with Crippen molar-refractivity contribution < 1.29 is 19.8 Å². The maximum absolute atomic E-state index is 11.7. The Kier molecular flexibility index (Phi) is 6.67. The fourth-order valence-electron chi connectivity index (χ4n) is 1.58. The Morgan fingerprint density at radius 3 is 2.31 bits per heavy atom. The number of rotatable bonds is 7. The monoisotopic (exact) mass is 232 g/mol. The number of aliphatic hydroxyl groups is 1. The number of carboxylic acids is 1. The molecule has 0 saturated heterocycles. The van der Waals surface area contributed by atoms with Crippen LogP contribution in [-0.4, -0.2) is 59.8 Å². The van der Waals surface area contributed by atoms with E-state index in [4.69, 9.17) is 10.2 Å². The SMILES string of the molecule is CC(C)C(C(=O)NCC(=O)O)N(C)CCO. The summed E-state index contributed by atoms with van der Waals surface area (Å²) in [6, 6.07) is -0.425. The van der Waals surface area contributed by atoms with Crippen molar-refractivity contribution in [2.45, 2.75) is 19.9 Å². The second-order valence-corrected chi connectivity index (χ2v) is 4.00. The molecule has 0 spiro atoms. The molecule has 0 aromatic heterocycles. The lowest BCUT2D eigenvalue weighted by atomic mass is 10.0. The van der Waals surface area contributed by atoms with Gasteiger partial charge in [-0.1, -0.05) is 13.8 Å². The van der Waals surface area contributed by atoms with Gasteiger partial charge in [-0.05, 0) is 13.0 Å². The average molecular weight is 232 g/mol. The van der Waals surface area contributed by atoms with Gasteiger partial charge in [-0.3, -0.25) is 14.5 Å². The number of carbonyl (C=O) groups excluding carboxylic acids is 1.